The molecule has 0 rings (SSSR count). The van der Waals surface area contributed by atoms with Crippen LogP contribution in [-0.4, -0.2) is 37.2 Å². The molecule has 0 aliphatic heterocycles. The molecule has 0 unspecified atom stereocenters. The summed E-state index contributed by atoms with van der Waals surface area (Å²) in [5.74, 6) is 0.739. The zero-order chi connectivity index (χ0) is 37.6. The van der Waals surface area contributed by atoms with Crippen LogP contribution < -0.4 is 0 Å². The molecule has 0 bridgehead atoms. The first-order chi connectivity index (χ1) is 24.7. The van der Waals surface area contributed by atoms with Crippen molar-refractivity contribution in [2.75, 3.05) is 13.2 Å². The molecular formula is C45H86O6. The second-order valence-electron chi connectivity index (χ2n) is 16.3. The lowest BCUT2D eigenvalue weighted by Gasteiger charge is -2.18. The molecule has 0 heterocycles. The molecule has 0 saturated carbocycles. The largest absolute Gasteiger partial charge is 0.462 e. The summed E-state index contributed by atoms with van der Waals surface area (Å²) < 4.78 is 16.6. The van der Waals surface area contributed by atoms with Crippen LogP contribution in [0, 0.1) is 11.8 Å². The molecular weight excluding hydrogens is 636 g/mol. The molecule has 302 valence electrons. The molecule has 0 radical (unpaired) electrons. The van der Waals surface area contributed by atoms with Gasteiger partial charge in [0.25, 0.3) is 0 Å². The summed E-state index contributed by atoms with van der Waals surface area (Å²) in [5, 5.41) is 0. The van der Waals surface area contributed by atoms with E-state index in [1.54, 1.807) is 0 Å². The van der Waals surface area contributed by atoms with Crippen LogP contribution in [0.4, 0.5) is 0 Å². The van der Waals surface area contributed by atoms with Crippen molar-refractivity contribution in [2.45, 2.75) is 246 Å². The Kier molecular flexibility index (Phi) is 37.0. The van der Waals surface area contributed by atoms with Crippen molar-refractivity contribution in [3.8, 4) is 0 Å². The monoisotopic (exact) mass is 723 g/mol. The number of hydrogen-bond acceptors (Lipinski definition) is 6. The normalized spacial score (nSPS) is 12.1. The van der Waals surface area contributed by atoms with E-state index in [1.165, 1.54) is 128 Å². The summed E-state index contributed by atoms with van der Waals surface area (Å²) in [6.45, 7) is 11.2. The Labute approximate surface area is 317 Å². The number of esters is 3. The first kappa shape index (κ1) is 49.4. The van der Waals surface area contributed by atoms with Gasteiger partial charge in [0, 0.05) is 19.3 Å². The second-order valence-corrected chi connectivity index (χ2v) is 16.3. The average molecular weight is 723 g/mol. The molecule has 0 spiro atoms. The lowest BCUT2D eigenvalue weighted by atomic mass is 10.0. The van der Waals surface area contributed by atoms with Crippen LogP contribution in [0.1, 0.15) is 240 Å². The Morgan fingerprint density at radius 3 is 0.961 bits per heavy atom. The molecule has 0 aromatic carbocycles. The summed E-state index contributed by atoms with van der Waals surface area (Å²) in [6.07, 6.45) is 35.4. The molecule has 0 aliphatic rings. The molecule has 0 saturated heterocycles. The first-order valence-electron chi connectivity index (χ1n) is 22.2. The van der Waals surface area contributed by atoms with Crippen molar-refractivity contribution in [3.63, 3.8) is 0 Å². The van der Waals surface area contributed by atoms with E-state index in [0.29, 0.717) is 19.3 Å². The highest BCUT2D eigenvalue weighted by atomic mass is 16.6. The van der Waals surface area contributed by atoms with Crippen LogP contribution in [0.15, 0.2) is 0 Å². The fourth-order valence-corrected chi connectivity index (χ4v) is 6.58. The zero-order valence-corrected chi connectivity index (χ0v) is 34.7. The van der Waals surface area contributed by atoms with E-state index < -0.39 is 6.10 Å². The molecule has 0 N–H and O–H groups in total. The van der Waals surface area contributed by atoms with Gasteiger partial charge in [0.2, 0.25) is 0 Å². The van der Waals surface area contributed by atoms with Crippen molar-refractivity contribution in [2.24, 2.45) is 11.8 Å². The number of unbranched alkanes of at least 4 members (excludes halogenated alkanes) is 24. The fourth-order valence-electron chi connectivity index (χ4n) is 6.58. The summed E-state index contributed by atoms with van der Waals surface area (Å²) in [6, 6.07) is 0. The van der Waals surface area contributed by atoms with E-state index >= 15 is 0 Å². The van der Waals surface area contributed by atoms with Crippen molar-refractivity contribution < 1.29 is 28.6 Å². The molecule has 6 heteroatoms. The van der Waals surface area contributed by atoms with Gasteiger partial charge in [-0.05, 0) is 31.1 Å². The molecule has 0 aromatic rings. The van der Waals surface area contributed by atoms with E-state index in [4.69, 9.17) is 14.2 Å². The maximum atomic E-state index is 12.6. The molecule has 1 atom stereocenters. The Balaban J connectivity index is 4.18. The SMILES string of the molecule is CCCCCCCCCC(=O)O[C@H](COC(=O)CCCCCCCCCCCCCCCCC(C)C)COC(=O)CCCCCCCCC(C)C. The minimum atomic E-state index is -0.759. The van der Waals surface area contributed by atoms with Gasteiger partial charge < -0.3 is 14.2 Å². The van der Waals surface area contributed by atoms with E-state index in [9.17, 15) is 14.4 Å². The number of ether oxygens (including phenoxy) is 3. The highest BCUT2D eigenvalue weighted by molar-refractivity contribution is 5.71. The van der Waals surface area contributed by atoms with Crippen molar-refractivity contribution >= 4 is 17.9 Å². The summed E-state index contributed by atoms with van der Waals surface area (Å²) >= 11 is 0. The molecule has 0 fully saturated rings. The van der Waals surface area contributed by atoms with Gasteiger partial charge in [-0.1, -0.05) is 202 Å². The molecule has 51 heavy (non-hydrogen) atoms. The quantitative estimate of drug-likeness (QED) is 0.0357. The zero-order valence-electron chi connectivity index (χ0n) is 34.7. The highest BCUT2D eigenvalue weighted by Gasteiger charge is 2.19. The maximum Gasteiger partial charge on any atom is 0.306 e. The number of carbonyl (C=O) groups is 3. The lowest BCUT2D eigenvalue weighted by molar-refractivity contribution is -0.167. The van der Waals surface area contributed by atoms with Gasteiger partial charge in [-0.2, -0.15) is 0 Å². The minimum Gasteiger partial charge on any atom is -0.462 e. The van der Waals surface area contributed by atoms with Crippen LogP contribution in [-0.2, 0) is 28.6 Å². The summed E-state index contributed by atoms with van der Waals surface area (Å²) in [5.41, 5.74) is 0. The second kappa shape index (κ2) is 38.1. The van der Waals surface area contributed by atoms with E-state index in [-0.39, 0.29) is 31.1 Å². The molecule has 0 aliphatic carbocycles. The van der Waals surface area contributed by atoms with Crippen LogP contribution in [0.2, 0.25) is 0 Å². The third-order valence-electron chi connectivity index (χ3n) is 9.97. The number of rotatable bonds is 39. The van der Waals surface area contributed by atoms with Crippen molar-refractivity contribution in [1.29, 1.82) is 0 Å². The van der Waals surface area contributed by atoms with Gasteiger partial charge in [-0.15, -0.1) is 0 Å². The topological polar surface area (TPSA) is 78.9 Å². The molecule has 0 aromatic heterocycles. The van der Waals surface area contributed by atoms with Gasteiger partial charge in [-0.25, -0.2) is 0 Å². The molecule has 0 amide bonds. The van der Waals surface area contributed by atoms with Crippen LogP contribution >= 0.6 is 0 Å². The van der Waals surface area contributed by atoms with Gasteiger partial charge in [0.05, 0.1) is 0 Å². The lowest BCUT2D eigenvalue weighted by Crippen LogP contribution is -2.30. The minimum absolute atomic E-state index is 0.0661. The standard InChI is InChI=1S/C45H86O6/c1-6-7-8-9-18-27-32-37-45(48)51-42(39-50-44(47)36-31-26-22-21-24-29-34-41(4)5)38-49-43(46)35-30-25-20-17-15-13-11-10-12-14-16-19-23-28-33-40(2)3/h40-42H,6-39H2,1-5H3/t42-/m1/s1. The summed E-state index contributed by atoms with van der Waals surface area (Å²) in [7, 11) is 0. The highest BCUT2D eigenvalue weighted by Crippen LogP contribution is 2.16. The van der Waals surface area contributed by atoms with Crippen LogP contribution in [0.5, 0.6) is 0 Å². The number of hydrogen-bond donors (Lipinski definition) is 0. The first-order valence-corrected chi connectivity index (χ1v) is 22.2. The molecule has 6 nitrogen and oxygen atoms in total. The maximum absolute atomic E-state index is 12.6. The van der Waals surface area contributed by atoms with Gasteiger partial charge in [0.1, 0.15) is 13.2 Å². The van der Waals surface area contributed by atoms with Crippen LogP contribution in [0.25, 0.3) is 0 Å². The smallest absolute Gasteiger partial charge is 0.306 e. The Bertz CT molecular complexity index is 779. The predicted molar refractivity (Wildman–Crippen MR) is 215 cm³/mol. The average Bonchev–Trinajstić information content (AvgIpc) is 3.09. The Morgan fingerprint density at radius 2 is 0.647 bits per heavy atom. The van der Waals surface area contributed by atoms with Crippen molar-refractivity contribution in [3.05, 3.63) is 0 Å². The van der Waals surface area contributed by atoms with Gasteiger partial charge in [0.15, 0.2) is 6.10 Å². The Hall–Kier alpha value is -1.59. The van der Waals surface area contributed by atoms with Gasteiger partial charge >= 0.3 is 17.9 Å². The van der Waals surface area contributed by atoms with Crippen LogP contribution in [0.3, 0.4) is 0 Å². The third kappa shape index (κ3) is 39.5. The summed E-state index contributed by atoms with van der Waals surface area (Å²) in [4.78, 5) is 37.5. The van der Waals surface area contributed by atoms with E-state index in [0.717, 1.165) is 69.6 Å². The Morgan fingerprint density at radius 1 is 0.373 bits per heavy atom. The van der Waals surface area contributed by atoms with E-state index in [2.05, 4.69) is 34.6 Å². The third-order valence-corrected chi connectivity index (χ3v) is 9.97. The fraction of sp³-hybridized carbons (Fsp3) is 0.933. The van der Waals surface area contributed by atoms with E-state index in [1.807, 2.05) is 0 Å². The van der Waals surface area contributed by atoms with Crippen molar-refractivity contribution in [1.82, 2.24) is 0 Å². The van der Waals surface area contributed by atoms with Gasteiger partial charge in [-0.3, -0.25) is 14.4 Å². The predicted octanol–water partition coefficient (Wildman–Crippen LogP) is 13.8. The number of carbonyl (C=O) groups excluding carboxylic acids is 3.